The van der Waals surface area contributed by atoms with E-state index in [0.717, 1.165) is 134 Å². The van der Waals surface area contributed by atoms with Gasteiger partial charge in [-0.25, -0.2) is 0 Å². The van der Waals surface area contributed by atoms with Gasteiger partial charge in [-0.05, 0) is 222 Å². The van der Waals surface area contributed by atoms with Crippen LogP contribution in [0.25, 0.3) is 0 Å². The first kappa shape index (κ1) is 124. The van der Waals surface area contributed by atoms with Gasteiger partial charge in [-0.1, -0.05) is 99.3 Å². The lowest BCUT2D eigenvalue weighted by Crippen LogP contribution is -2.46. The van der Waals surface area contributed by atoms with Crippen LogP contribution >= 0.6 is 99.0 Å². The fourth-order valence-electron chi connectivity index (χ4n) is 10.8. The van der Waals surface area contributed by atoms with Crippen LogP contribution in [-0.2, 0) is 103 Å². The SMILES string of the molecule is CCCCCCCC(=O)SCCC[Si](OCC)(OCC)OCC.CCO[Si](CCCS)(OCC)OCC.CCO[Si](CCCSC(C)=O)(OCC)OCC.CCO[Si](CCCSSCCC[Si](OCC)(OCC)OCC)(OCC)OCC.CCO[Si](CCCSSSSCCC[Si](OCC)(OCC)OCC)(OCC)OCC. The smallest absolute Gasteiger partial charge is 0.374 e. The number of hydrogen-bond donors (Lipinski definition) is 1. The molecule has 0 aliphatic carbocycles. The fourth-order valence-corrected chi connectivity index (χ4v) is 40.8. The maximum absolute atomic E-state index is 11.9. The summed E-state index contributed by atoms with van der Waals surface area (Å²) in [6.45, 7) is 58.7. The van der Waals surface area contributed by atoms with Crippen LogP contribution < -0.4 is 0 Å². The number of rotatable bonds is 79. The molecule has 0 bridgehead atoms. The second kappa shape index (κ2) is 89.0. The van der Waals surface area contributed by atoms with Gasteiger partial charge in [0.2, 0.25) is 0 Å². The van der Waals surface area contributed by atoms with Crippen molar-refractivity contribution in [1.82, 2.24) is 0 Å². The molecule has 112 heavy (non-hydrogen) atoms. The Morgan fingerprint density at radius 3 is 0.616 bits per heavy atom. The van der Waals surface area contributed by atoms with Gasteiger partial charge in [0, 0.05) is 229 Å². The quantitative estimate of drug-likeness (QED) is 0.0258. The predicted octanol–water partition coefficient (Wildman–Crippen LogP) is 21.9. The minimum Gasteiger partial charge on any atom is -0.374 e. The Bertz CT molecular complexity index is 1790. The number of unbranched alkanes of at least 4 members (excludes halogenated alkanes) is 4. The van der Waals surface area contributed by atoms with Crippen molar-refractivity contribution in [1.29, 1.82) is 0 Å². The molecule has 678 valence electrons. The zero-order valence-corrected chi connectivity index (χ0v) is 89.0. The van der Waals surface area contributed by atoms with E-state index in [9.17, 15) is 9.59 Å². The monoisotopic (exact) mass is 1890 g/mol. The Labute approximate surface area is 731 Å². The Kier molecular flexibility index (Phi) is 98.3. The van der Waals surface area contributed by atoms with Crippen molar-refractivity contribution in [2.45, 2.75) is 285 Å². The van der Waals surface area contributed by atoms with Gasteiger partial charge in [0.15, 0.2) is 10.2 Å². The largest absolute Gasteiger partial charge is 0.500 e. The van der Waals surface area contributed by atoms with Gasteiger partial charge in [0.05, 0.1) is 0 Å². The first-order chi connectivity index (χ1) is 54.1. The lowest BCUT2D eigenvalue weighted by molar-refractivity contribution is -0.111. The molecule has 0 unspecified atom stereocenters. The third-order valence-corrected chi connectivity index (χ3v) is 48.2. The van der Waals surface area contributed by atoms with E-state index in [4.69, 9.17) is 92.9 Å². The molecule has 0 aromatic carbocycles. The summed E-state index contributed by atoms with van der Waals surface area (Å²) in [4.78, 5) is 22.7. The van der Waals surface area contributed by atoms with Crippen LogP contribution in [0.15, 0.2) is 0 Å². The molecule has 23 nitrogen and oxygen atoms in total. The second-order valence-electron chi connectivity index (χ2n) is 23.5. The van der Waals surface area contributed by atoms with Crippen LogP contribution in [0.5, 0.6) is 0 Å². The zero-order valence-electron chi connectivity index (χ0n) is 74.5. The maximum Gasteiger partial charge on any atom is 0.500 e. The van der Waals surface area contributed by atoms with Crippen LogP contribution in [0.2, 0.25) is 42.3 Å². The van der Waals surface area contributed by atoms with Gasteiger partial charge in [0.1, 0.15) is 0 Å². The molecule has 0 N–H and O–H groups in total. The molecule has 0 heterocycles. The van der Waals surface area contributed by atoms with Gasteiger partial charge >= 0.3 is 61.6 Å². The van der Waals surface area contributed by atoms with Crippen LogP contribution in [0, 0.1) is 0 Å². The van der Waals surface area contributed by atoms with Crippen molar-refractivity contribution in [3.63, 3.8) is 0 Å². The third kappa shape index (κ3) is 69.5. The third-order valence-electron chi connectivity index (χ3n) is 14.6. The molecule has 0 saturated heterocycles. The molecule has 0 aromatic heterocycles. The summed E-state index contributed by atoms with van der Waals surface area (Å²) >= 11 is 6.99. The molecule has 0 aliphatic heterocycles. The molecule has 0 saturated carbocycles. The first-order valence-corrected chi connectivity index (χ1v) is 66.0. The van der Waals surface area contributed by atoms with E-state index in [1.165, 1.54) is 49.2 Å². The summed E-state index contributed by atoms with van der Waals surface area (Å²) in [7, 11) is -6.09. The van der Waals surface area contributed by atoms with Gasteiger partial charge in [0.25, 0.3) is 0 Å². The number of thioether (sulfide) groups is 2. The first-order valence-electron chi connectivity index (χ1n) is 42.3. The summed E-state index contributed by atoms with van der Waals surface area (Å²) < 4.78 is 122. The molecule has 0 atom stereocenters. The summed E-state index contributed by atoms with van der Waals surface area (Å²) in [6, 6.07) is 5.96. The summed E-state index contributed by atoms with van der Waals surface area (Å²) in [5.74, 6) is 6.74. The Morgan fingerprint density at radius 1 is 0.232 bits per heavy atom. The van der Waals surface area contributed by atoms with E-state index < -0.39 is 61.6 Å². The number of thiol groups is 1. The second-order valence-corrected chi connectivity index (χ2v) is 54.4. The summed E-state index contributed by atoms with van der Waals surface area (Å²) in [5, 5.41) is 0.472. The molecule has 0 aliphatic rings. The molecule has 0 spiro atoms. The molecule has 0 aromatic rings. The van der Waals surface area contributed by atoms with Gasteiger partial charge < -0.3 is 92.9 Å². The predicted molar refractivity (Wildman–Crippen MR) is 503 cm³/mol. The highest BCUT2D eigenvalue weighted by atomic mass is 33.7. The Hall–Kier alpha value is 3.17. The molecule has 0 rings (SSSR count). The van der Waals surface area contributed by atoms with Crippen molar-refractivity contribution in [2.75, 3.05) is 179 Å². The van der Waals surface area contributed by atoms with E-state index in [2.05, 4.69) is 19.6 Å². The topological polar surface area (TPSA) is 228 Å². The molecular weight excluding hydrogens is 1730 g/mol. The van der Waals surface area contributed by atoms with E-state index in [0.29, 0.717) is 150 Å². The minimum atomic E-state index is -2.53. The molecule has 0 fully saturated rings. The molecule has 0 radical (unpaired) electrons. The van der Waals surface area contributed by atoms with Crippen molar-refractivity contribution < 1.29 is 103 Å². The number of hydrogen-bond acceptors (Lipinski definition) is 32. The average Bonchev–Trinajstić information content (AvgIpc) is 0.938. The van der Waals surface area contributed by atoms with Gasteiger partial charge in [-0.15, -0.1) is 0 Å². The highest BCUT2D eigenvalue weighted by molar-refractivity contribution is 9.26. The normalized spacial score (nSPS) is 12.2. The zero-order chi connectivity index (χ0) is 85.1. The summed E-state index contributed by atoms with van der Waals surface area (Å²) in [6.07, 6.45) is 13.6. The van der Waals surface area contributed by atoms with Gasteiger partial charge in [-0.2, -0.15) is 12.6 Å². The fraction of sp³-hybridized carbons (Fsp3) is 0.973. The highest BCUT2D eigenvalue weighted by Gasteiger charge is 2.45. The molecule has 0 amide bonds. The summed E-state index contributed by atoms with van der Waals surface area (Å²) in [5.41, 5.74) is 0. The molecule has 39 heteroatoms. The van der Waals surface area contributed by atoms with Crippen LogP contribution in [0.1, 0.15) is 243 Å². The van der Waals surface area contributed by atoms with Crippen molar-refractivity contribution in [3.8, 4) is 0 Å². The van der Waals surface area contributed by atoms with Crippen LogP contribution in [-0.4, -0.2) is 251 Å². The van der Waals surface area contributed by atoms with E-state index in [1.54, 1.807) is 6.92 Å². The standard InChI is InChI=1S/C18H42O6S4Si2.C18H42O6S2Si2.C17H36O4SSi.C11H24O4SSi.C9H22O3SSi/c1-7-19-29(20-8-2,21-9-3)17-13-15-25-27-28-26-16-14-18-30(22-10-4,23-11-5)24-12-6;1-7-19-27(20-8-2,21-9-3)17-13-15-25-26-16-14-18-28(22-10-4,23-11-5)24-12-6;1-5-9-10-11-12-14-17(18)22-15-13-16-23(19-6-2,20-7-3)21-8-4;1-5-13-17(14-6-2,15-7-3)10-8-9-16-11(4)12;1-4-10-14(11-5-2,12-6-3)9-7-8-13/h7-18H2,1-6H3;7-18H2,1-6H3;5-16H2,1-4H3;5-10H2,1-4H3;13H,4-9H2,1-3H3. The minimum absolute atomic E-state index is 0.154. The van der Waals surface area contributed by atoms with Gasteiger partial charge in [-0.3, -0.25) is 9.59 Å². The average molecular weight is 1900 g/mol. The van der Waals surface area contributed by atoms with Crippen LogP contribution in [0.3, 0.4) is 0 Å². The Balaban J connectivity index is -0.000000436. The highest BCUT2D eigenvalue weighted by Crippen LogP contribution is 2.44. The van der Waals surface area contributed by atoms with E-state index in [1.807, 2.05) is 208 Å². The molecular formula is C73H166O23S9Si7. The van der Waals surface area contributed by atoms with Crippen molar-refractivity contribution in [3.05, 3.63) is 0 Å². The van der Waals surface area contributed by atoms with Crippen LogP contribution in [0.4, 0.5) is 0 Å². The van der Waals surface area contributed by atoms with Crippen molar-refractivity contribution in [2.24, 2.45) is 0 Å². The van der Waals surface area contributed by atoms with E-state index in [-0.39, 0.29) is 5.12 Å². The Morgan fingerprint density at radius 2 is 0.420 bits per heavy atom. The lowest BCUT2D eigenvalue weighted by atomic mass is 10.1. The number of carbonyl (C=O) groups excluding carboxylic acids is 2. The lowest BCUT2D eigenvalue weighted by Gasteiger charge is -2.28. The van der Waals surface area contributed by atoms with Crippen molar-refractivity contribution >= 4 is 171 Å². The van der Waals surface area contributed by atoms with E-state index >= 15 is 0 Å². The maximum atomic E-state index is 11.9. The number of carbonyl (C=O) groups is 2.